The number of hydrogen-bond acceptors (Lipinski definition) is 7. The van der Waals surface area contributed by atoms with E-state index in [1.807, 2.05) is 36.5 Å². The first-order chi connectivity index (χ1) is 26.7. The molecule has 3 aliphatic rings. The Balaban J connectivity index is 1.15. The summed E-state index contributed by atoms with van der Waals surface area (Å²) in [5.74, 6) is -3.22. The first kappa shape index (κ1) is 38.7. The molecule has 7 rings (SSSR count). The predicted octanol–water partition coefficient (Wildman–Crippen LogP) is 4.93. The second kappa shape index (κ2) is 17.9. The number of benzene rings is 3. The highest BCUT2D eigenvalue weighted by molar-refractivity contribution is 5.84. The molecule has 11 heteroatoms. The molecule has 292 valence electrons. The molecule has 0 spiro atoms. The molecule has 0 amide bonds. The summed E-state index contributed by atoms with van der Waals surface area (Å²) in [5.41, 5.74) is 7.34. The van der Waals surface area contributed by atoms with E-state index in [9.17, 15) is 29.7 Å². The van der Waals surface area contributed by atoms with Crippen molar-refractivity contribution < 1.29 is 29.7 Å². The molecule has 3 aliphatic heterocycles. The molecule has 0 unspecified atom stereocenters. The Hall–Kier alpha value is -4.55. The quantitative estimate of drug-likeness (QED) is 0.0742. The molecular weight excluding hydrogens is 695 g/mol. The van der Waals surface area contributed by atoms with E-state index < -0.39 is 35.7 Å². The summed E-state index contributed by atoms with van der Waals surface area (Å²) in [5, 5.41) is 41.4. The summed E-state index contributed by atoms with van der Waals surface area (Å²) < 4.78 is 0. The normalized spacial score (nSPS) is 21.6. The van der Waals surface area contributed by atoms with Crippen molar-refractivity contribution >= 4 is 28.8 Å². The molecule has 0 saturated carbocycles. The van der Waals surface area contributed by atoms with Gasteiger partial charge in [-0.25, -0.2) is 0 Å². The van der Waals surface area contributed by atoms with E-state index in [2.05, 4.69) is 62.2 Å². The Labute approximate surface area is 322 Å². The average Bonchev–Trinajstić information content (AvgIpc) is 4.01. The zero-order valence-electron chi connectivity index (χ0n) is 31.5. The van der Waals surface area contributed by atoms with Gasteiger partial charge in [0.2, 0.25) is 0 Å². The molecule has 0 bridgehead atoms. The van der Waals surface area contributed by atoms with Crippen molar-refractivity contribution in [2.45, 2.75) is 58.2 Å². The lowest BCUT2D eigenvalue weighted by molar-refractivity contribution is -0.144. The number of nitrogens with one attached hydrogen (secondary N) is 4. The molecule has 7 N–H and O–H groups in total. The van der Waals surface area contributed by atoms with Crippen molar-refractivity contribution in [3.05, 3.63) is 106 Å². The van der Waals surface area contributed by atoms with E-state index in [1.54, 1.807) is 0 Å². The van der Waals surface area contributed by atoms with E-state index in [0.29, 0.717) is 38.9 Å². The van der Waals surface area contributed by atoms with Crippen LogP contribution in [0.4, 0.5) is 0 Å². The fraction of sp³-hybridized carbons (Fsp3) is 0.477. The van der Waals surface area contributed by atoms with Gasteiger partial charge in [-0.1, -0.05) is 54.6 Å². The molecule has 4 aromatic rings. The van der Waals surface area contributed by atoms with Crippen molar-refractivity contribution in [3.8, 4) is 0 Å². The number of aliphatic carboxylic acids is 3. The lowest BCUT2D eigenvalue weighted by Crippen LogP contribution is -2.27. The van der Waals surface area contributed by atoms with Crippen molar-refractivity contribution in [3.63, 3.8) is 0 Å². The lowest BCUT2D eigenvalue weighted by Gasteiger charge is -2.24. The molecule has 0 aliphatic carbocycles. The number of nitrogens with zero attached hydrogens (tertiary/aromatic N) is 1. The number of aromatic nitrogens is 1. The number of carboxylic acids is 3. The smallest absolute Gasteiger partial charge is 0.307 e. The fourth-order valence-electron chi connectivity index (χ4n) is 9.31. The van der Waals surface area contributed by atoms with Gasteiger partial charge in [-0.3, -0.25) is 19.3 Å². The standard InChI is InChI=1S/C44H55N5O6/c50-42(51)38(33-9-12-45-21-33)18-28-3-1-5-31(15-28)25-49(26-32-6-2-4-29(16-32)19-39(43(52)53)34-10-13-46-22-34)27-36-24-48-41-8-7-30(17-37(36)41)20-40(44(54)55)35-11-14-47-23-35/h1-8,15-17,24,33-35,38-40,45-48H,9-14,18-23,25-27H2,(H,50,51)(H,52,53)(H,54,55)/t33-,34-,35-,38-,39-,40-/m0/s1. The van der Waals surface area contributed by atoms with Crippen LogP contribution in [0.15, 0.2) is 72.9 Å². The van der Waals surface area contributed by atoms with Gasteiger partial charge in [-0.05, 0) is 141 Å². The summed E-state index contributed by atoms with van der Waals surface area (Å²) in [4.78, 5) is 42.8. The maximum atomic E-state index is 12.3. The molecule has 3 saturated heterocycles. The molecule has 1 aromatic heterocycles. The Morgan fingerprint density at radius 2 is 1.02 bits per heavy atom. The van der Waals surface area contributed by atoms with Crippen LogP contribution >= 0.6 is 0 Å². The minimum Gasteiger partial charge on any atom is -0.481 e. The summed E-state index contributed by atoms with van der Waals surface area (Å²) in [6.45, 7) is 6.61. The minimum atomic E-state index is -0.747. The molecule has 0 radical (unpaired) electrons. The Kier molecular flexibility index (Phi) is 12.6. The van der Waals surface area contributed by atoms with Crippen LogP contribution in [-0.4, -0.2) is 82.4 Å². The third kappa shape index (κ3) is 9.83. The second-order valence-electron chi connectivity index (χ2n) is 16.2. The van der Waals surface area contributed by atoms with Gasteiger partial charge in [0.25, 0.3) is 0 Å². The van der Waals surface area contributed by atoms with E-state index in [1.165, 1.54) is 0 Å². The number of carboxylic acid groups (broad SMARTS) is 3. The van der Waals surface area contributed by atoms with E-state index in [4.69, 9.17) is 0 Å². The highest BCUT2D eigenvalue weighted by atomic mass is 16.4. The second-order valence-corrected chi connectivity index (χ2v) is 16.2. The Morgan fingerprint density at radius 3 is 1.44 bits per heavy atom. The third-order valence-corrected chi connectivity index (χ3v) is 12.3. The van der Waals surface area contributed by atoms with Gasteiger partial charge in [0, 0.05) is 36.7 Å². The molecule has 55 heavy (non-hydrogen) atoms. The summed E-state index contributed by atoms with van der Waals surface area (Å²) in [7, 11) is 0. The van der Waals surface area contributed by atoms with Crippen LogP contribution in [-0.2, 0) is 53.3 Å². The van der Waals surface area contributed by atoms with Crippen LogP contribution in [0.1, 0.15) is 52.6 Å². The fourth-order valence-corrected chi connectivity index (χ4v) is 9.31. The van der Waals surface area contributed by atoms with Crippen LogP contribution in [0, 0.1) is 35.5 Å². The number of H-pyrrole nitrogens is 1. The molecule has 3 fully saturated rings. The predicted molar refractivity (Wildman–Crippen MR) is 212 cm³/mol. The van der Waals surface area contributed by atoms with Gasteiger partial charge in [-0.2, -0.15) is 0 Å². The van der Waals surface area contributed by atoms with Crippen LogP contribution in [0.5, 0.6) is 0 Å². The number of carbonyl (C=O) groups is 3. The third-order valence-electron chi connectivity index (χ3n) is 12.3. The summed E-state index contributed by atoms with van der Waals surface area (Å²) >= 11 is 0. The lowest BCUT2D eigenvalue weighted by atomic mass is 9.86. The number of aromatic amines is 1. The van der Waals surface area contributed by atoms with Crippen molar-refractivity contribution in [2.24, 2.45) is 35.5 Å². The van der Waals surface area contributed by atoms with Crippen molar-refractivity contribution in [2.75, 3.05) is 39.3 Å². The van der Waals surface area contributed by atoms with E-state index in [-0.39, 0.29) is 17.8 Å². The van der Waals surface area contributed by atoms with Gasteiger partial charge in [-0.15, -0.1) is 0 Å². The van der Waals surface area contributed by atoms with Crippen LogP contribution in [0.3, 0.4) is 0 Å². The SMILES string of the molecule is O=C(O)[C@@H](Cc1cccc(CN(Cc2cccc(C[C@H](C(=O)O)[C@H]3CCNC3)c2)Cc2c[nH]c3ccc(C[C@H](C(=O)O)[C@H]4CCNC4)cc23)c1)[C@H]1CCNC1. The van der Waals surface area contributed by atoms with Gasteiger partial charge >= 0.3 is 17.9 Å². The maximum Gasteiger partial charge on any atom is 0.307 e. The number of hydrogen-bond donors (Lipinski definition) is 7. The molecule has 4 heterocycles. The number of fused-ring (bicyclic) bond motifs is 1. The summed E-state index contributed by atoms with van der Waals surface area (Å²) in [6, 6.07) is 22.8. The first-order valence-electron chi connectivity index (χ1n) is 20.0. The van der Waals surface area contributed by atoms with E-state index >= 15 is 0 Å². The molecule has 3 aromatic carbocycles. The molecule has 11 nitrogen and oxygen atoms in total. The van der Waals surface area contributed by atoms with Crippen molar-refractivity contribution in [1.29, 1.82) is 0 Å². The van der Waals surface area contributed by atoms with Gasteiger partial charge < -0.3 is 36.3 Å². The van der Waals surface area contributed by atoms with Crippen LogP contribution < -0.4 is 16.0 Å². The highest BCUT2D eigenvalue weighted by Gasteiger charge is 2.33. The molecular formula is C44H55N5O6. The van der Waals surface area contributed by atoms with E-state index in [0.717, 1.165) is 103 Å². The summed E-state index contributed by atoms with van der Waals surface area (Å²) in [6.07, 6.45) is 6.11. The topological polar surface area (TPSA) is 167 Å². The molecule has 6 atom stereocenters. The van der Waals surface area contributed by atoms with Gasteiger partial charge in [0.15, 0.2) is 0 Å². The van der Waals surface area contributed by atoms with Crippen LogP contribution in [0.2, 0.25) is 0 Å². The van der Waals surface area contributed by atoms with Crippen molar-refractivity contribution in [1.82, 2.24) is 25.8 Å². The minimum absolute atomic E-state index is 0.113. The largest absolute Gasteiger partial charge is 0.481 e. The monoisotopic (exact) mass is 749 g/mol. The average molecular weight is 750 g/mol. The Morgan fingerprint density at radius 1 is 0.582 bits per heavy atom. The van der Waals surface area contributed by atoms with Crippen LogP contribution in [0.25, 0.3) is 10.9 Å². The first-order valence-corrected chi connectivity index (χ1v) is 20.0. The zero-order chi connectivity index (χ0) is 38.3. The van der Waals surface area contributed by atoms with Gasteiger partial charge in [0.1, 0.15) is 0 Å². The maximum absolute atomic E-state index is 12.3. The van der Waals surface area contributed by atoms with Gasteiger partial charge in [0.05, 0.1) is 17.8 Å². The number of rotatable bonds is 18. The zero-order valence-corrected chi connectivity index (χ0v) is 31.5. The Bertz CT molecular complexity index is 1860. The highest BCUT2D eigenvalue weighted by Crippen LogP contribution is 2.30.